The second-order valence-corrected chi connectivity index (χ2v) is 6.65. The number of nitrogens with two attached hydrogens (primary N) is 1. The number of aliphatic imine (C=N–C) groups is 1. The van der Waals surface area contributed by atoms with E-state index in [9.17, 15) is 4.79 Å². The minimum absolute atomic E-state index is 0.333. The second kappa shape index (κ2) is 7.61. The normalized spacial score (nSPS) is 15.3. The molecule has 1 amide bonds. The van der Waals surface area contributed by atoms with Crippen LogP contribution in [0.5, 0.6) is 5.75 Å². The lowest BCUT2D eigenvalue weighted by Gasteiger charge is -2.12. The third kappa shape index (κ3) is 3.84. The SMILES string of the molecule is CC(N)=O.CC1=C(C)C2=C(C1)c1c(C)noc1CN=C2Oc1ccccc1. The highest BCUT2D eigenvalue weighted by molar-refractivity contribution is 6.09. The Kier molecular flexibility index (Phi) is 5.26. The molecule has 0 fully saturated rings. The van der Waals surface area contributed by atoms with Gasteiger partial charge in [0.1, 0.15) is 12.3 Å². The third-order valence-electron chi connectivity index (χ3n) is 4.53. The van der Waals surface area contributed by atoms with Crippen molar-refractivity contribution in [1.29, 1.82) is 0 Å². The molecule has 1 aliphatic carbocycles. The second-order valence-electron chi connectivity index (χ2n) is 6.65. The molecular formula is C21H23N3O3. The molecule has 6 nitrogen and oxygen atoms in total. The number of aryl methyl sites for hydroxylation is 1. The van der Waals surface area contributed by atoms with Gasteiger partial charge < -0.3 is 15.0 Å². The van der Waals surface area contributed by atoms with Crippen molar-refractivity contribution in [3.63, 3.8) is 0 Å². The number of carbonyl (C=O) groups is 1. The summed E-state index contributed by atoms with van der Waals surface area (Å²) >= 11 is 0. The van der Waals surface area contributed by atoms with Gasteiger partial charge in [0.15, 0.2) is 5.76 Å². The van der Waals surface area contributed by atoms with Gasteiger partial charge in [0.2, 0.25) is 11.8 Å². The van der Waals surface area contributed by atoms with Crippen LogP contribution in [0.25, 0.3) is 5.57 Å². The van der Waals surface area contributed by atoms with Gasteiger partial charge in [0.25, 0.3) is 0 Å². The van der Waals surface area contributed by atoms with Crippen molar-refractivity contribution in [1.82, 2.24) is 5.16 Å². The molecule has 6 heteroatoms. The van der Waals surface area contributed by atoms with E-state index in [2.05, 4.69) is 29.7 Å². The number of primary amides is 1. The average molecular weight is 365 g/mol. The van der Waals surface area contributed by atoms with Crippen LogP contribution in [0, 0.1) is 6.92 Å². The van der Waals surface area contributed by atoms with Crippen molar-refractivity contribution < 1.29 is 14.1 Å². The molecule has 0 radical (unpaired) electrons. The van der Waals surface area contributed by atoms with Crippen molar-refractivity contribution in [2.75, 3.05) is 0 Å². The van der Waals surface area contributed by atoms with E-state index in [1.54, 1.807) is 0 Å². The van der Waals surface area contributed by atoms with Crippen LogP contribution in [0.1, 0.15) is 44.2 Å². The molecule has 0 atom stereocenters. The molecule has 0 unspecified atom stereocenters. The number of carbonyl (C=O) groups excluding carboxylic acids is 1. The largest absolute Gasteiger partial charge is 0.439 e. The number of para-hydroxylation sites is 1. The number of rotatable bonds is 1. The number of hydrogen-bond acceptors (Lipinski definition) is 5. The molecule has 2 heterocycles. The Labute approximate surface area is 158 Å². The summed E-state index contributed by atoms with van der Waals surface area (Å²) in [7, 11) is 0. The fraction of sp³-hybridized carbons (Fsp3) is 0.286. The zero-order valence-corrected chi connectivity index (χ0v) is 16.0. The monoisotopic (exact) mass is 365 g/mol. The average Bonchev–Trinajstić information content (AvgIpc) is 3.07. The fourth-order valence-electron chi connectivity index (χ4n) is 3.25. The molecule has 0 saturated heterocycles. The Balaban J connectivity index is 0.000000481. The maximum atomic E-state index is 9.22. The first kappa shape index (κ1) is 18.6. The van der Waals surface area contributed by atoms with Gasteiger partial charge in [0, 0.05) is 18.1 Å². The maximum Gasteiger partial charge on any atom is 0.223 e. The number of aromatic nitrogens is 1. The Hall–Kier alpha value is -3.15. The smallest absolute Gasteiger partial charge is 0.223 e. The highest BCUT2D eigenvalue weighted by Crippen LogP contribution is 2.43. The van der Waals surface area contributed by atoms with Gasteiger partial charge in [-0.3, -0.25) is 4.79 Å². The van der Waals surface area contributed by atoms with Crippen molar-refractivity contribution in [3.05, 3.63) is 64.1 Å². The summed E-state index contributed by atoms with van der Waals surface area (Å²) in [6.45, 7) is 8.04. The summed E-state index contributed by atoms with van der Waals surface area (Å²) in [5, 5.41) is 4.12. The Morgan fingerprint density at radius 3 is 2.52 bits per heavy atom. The number of benzene rings is 1. The molecule has 2 aliphatic rings. The van der Waals surface area contributed by atoms with E-state index in [0.29, 0.717) is 12.4 Å². The molecule has 0 spiro atoms. The summed E-state index contributed by atoms with van der Waals surface area (Å²) in [5.74, 6) is 1.96. The minimum atomic E-state index is -0.333. The molecule has 2 aromatic rings. The van der Waals surface area contributed by atoms with E-state index >= 15 is 0 Å². The van der Waals surface area contributed by atoms with Crippen LogP contribution < -0.4 is 10.5 Å². The van der Waals surface area contributed by atoms with E-state index in [0.717, 1.165) is 34.8 Å². The third-order valence-corrected chi connectivity index (χ3v) is 4.53. The van der Waals surface area contributed by atoms with Crippen molar-refractivity contribution in [2.24, 2.45) is 10.7 Å². The van der Waals surface area contributed by atoms with Gasteiger partial charge in [-0.05, 0) is 50.5 Å². The van der Waals surface area contributed by atoms with Crippen LogP contribution in [-0.4, -0.2) is 17.0 Å². The number of amides is 1. The standard InChI is InChI=1S/C19H18N2O2.C2H5NO/c1-11-9-15-17(12(11)2)19(22-14-7-5-4-6-8-14)20-10-16-18(15)13(3)21-23-16;1-2(3)4/h4-8H,9-10H2,1-3H3;1H3,(H2,3,4). The Morgan fingerprint density at radius 2 is 1.85 bits per heavy atom. The van der Waals surface area contributed by atoms with Crippen LogP contribution in [0.3, 0.4) is 0 Å². The van der Waals surface area contributed by atoms with E-state index in [1.165, 1.54) is 23.6 Å². The van der Waals surface area contributed by atoms with Crippen LogP contribution >= 0.6 is 0 Å². The number of allylic oxidation sites excluding steroid dienone is 2. The number of nitrogens with zero attached hydrogens (tertiary/aromatic N) is 2. The van der Waals surface area contributed by atoms with E-state index in [1.807, 2.05) is 37.3 Å². The summed E-state index contributed by atoms with van der Waals surface area (Å²) in [6.07, 6.45) is 0.896. The number of ether oxygens (including phenoxy) is 1. The Morgan fingerprint density at radius 1 is 1.19 bits per heavy atom. The quantitative estimate of drug-likeness (QED) is 0.828. The summed E-state index contributed by atoms with van der Waals surface area (Å²) in [6, 6.07) is 9.78. The van der Waals surface area contributed by atoms with Gasteiger partial charge in [-0.15, -0.1) is 0 Å². The summed E-state index contributed by atoms with van der Waals surface area (Å²) < 4.78 is 11.6. The lowest BCUT2D eigenvalue weighted by atomic mass is 9.98. The first-order valence-corrected chi connectivity index (χ1v) is 8.77. The lowest BCUT2D eigenvalue weighted by Crippen LogP contribution is -2.13. The fourth-order valence-corrected chi connectivity index (χ4v) is 3.25. The lowest BCUT2D eigenvalue weighted by molar-refractivity contribution is -0.115. The number of fused-ring (bicyclic) bond motifs is 2. The first-order valence-electron chi connectivity index (χ1n) is 8.77. The van der Waals surface area contributed by atoms with Crippen molar-refractivity contribution >= 4 is 17.4 Å². The Bertz CT molecular complexity index is 962. The molecule has 0 bridgehead atoms. The van der Waals surface area contributed by atoms with Gasteiger partial charge in [0.05, 0.1) is 5.69 Å². The zero-order valence-electron chi connectivity index (χ0n) is 16.0. The topological polar surface area (TPSA) is 90.7 Å². The highest BCUT2D eigenvalue weighted by atomic mass is 16.5. The molecule has 1 aromatic carbocycles. The van der Waals surface area contributed by atoms with Crippen molar-refractivity contribution in [3.8, 4) is 5.75 Å². The van der Waals surface area contributed by atoms with E-state index in [-0.39, 0.29) is 5.91 Å². The van der Waals surface area contributed by atoms with Crippen LogP contribution in [-0.2, 0) is 11.3 Å². The van der Waals surface area contributed by atoms with Gasteiger partial charge in [-0.2, -0.15) is 0 Å². The summed E-state index contributed by atoms with van der Waals surface area (Å²) in [4.78, 5) is 13.9. The van der Waals surface area contributed by atoms with E-state index in [4.69, 9.17) is 9.26 Å². The molecule has 1 aliphatic heterocycles. The summed E-state index contributed by atoms with van der Waals surface area (Å²) in [5.41, 5.74) is 11.4. The zero-order chi connectivity index (χ0) is 19.6. The number of hydrogen-bond donors (Lipinski definition) is 1. The van der Waals surface area contributed by atoms with Crippen LogP contribution in [0.4, 0.5) is 0 Å². The first-order chi connectivity index (χ1) is 12.9. The van der Waals surface area contributed by atoms with Crippen LogP contribution in [0.2, 0.25) is 0 Å². The molecule has 1 aromatic heterocycles. The molecule has 4 rings (SSSR count). The molecule has 2 N–H and O–H groups in total. The van der Waals surface area contributed by atoms with Crippen LogP contribution in [0.15, 0.2) is 56.6 Å². The molecular weight excluding hydrogens is 342 g/mol. The van der Waals surface area contributed by atoms with Gasteiger partial charge in [-0.1, -0.05) is 28.9 Å². The van der Waals surface area contributed by atoms with E-state index < -0.39 is 0 Å². The van der Waals surface area contributed by atoms with Gasteiger partial charge in [-0.25, -0.2) is 4.99 Å². The maximum absolute atomic E-state index is 9.22. The minimum Gasteiger partial charge on any atom is -0.439 e. The molecule has 27 heavy (non-hydrogen) atoms. The predicted octanol–water partition coefficient (Wildman–Crippen LogP) is 3.96. The van der Waals surface area contributed by atoms with Crippen molar-refractivity contribution in [2.45, 2.75) is 40.7 Å². The molecule has 0 saturated carbocycles. The highest BCUT2D eigenvalue weighted by Gasteiger charge is 2.32. The van der Waals surface area contributed by atoms with Gasteiger partial charge >= 0.3 is 0 Å². The molecule has 140 valence electrons. The predicted molar refractivity (Wildman–Crippen MR) is 104 cm³/mol.